The monoisotopic (exact) mass is 387 g/mol. The highest BCUT2D eigenvalue weighted by molar-refractivity contribution is 6.46. The number of hydrogen-bond acceptors (Lipinski definition) is 3. The van der Waals surface area contributed by atoms with Crippen LogP contribution in [-0.2, 0) is 9.59 Å². The first-order valence-electron chi connectivity index (χ1n) is 9.16. The number of rotatable bonds is 4. The van der Waals surface area contributed by atoms with Gasteiger partial charge < -0.3 is 10.0 Å². The van der Waals surface area contributed by atoms with Crippen molar-refractivity contribution >= 4 is 28.2 Å². The van der Waals surface area contributed by atoms with E-state index in [0.29, 0.717) is 0 Å². The molecule has 1 aliphatic rings. The van der Waals surface area contributed by atoms with Gasteiger partial charge in [-0.25, -0.2) is 4.39 Å². The van der Waals surface area contributed by atoms with E-state index in [1.807, 2.05) is 42.5 Å². The zero-order valence-corrected chi connectivity index (χ0v) is 15.5. The van der Waals surface area contributed by atoms with Crippen molar-refractivity contribution in [2.45, 2.75) is 6.04 Å². The van der Waals surface area contributed by atoms with Crippen molar-refractivity contribution in [3.8, 4) is 0 Å². The average molecular weight is 387 g/mol. The fraction of sp³-hybridized carbons (Fsp3) is 0.0833. The molecule has 0 radical (unpaired) electrons. The number of ketones is 1. The molecule has 1 amide bonds. The molecule has 4 rings (SSSR count). The molecule has 1 saturated heterocycles. The highest BCUT2D eigenvalue weighted by Gasteiger charge is 2.46. The molecule has 1 fully saturated rings. The van der Waals surface area contributed by atoms with E-state index in [2.05, 4.69) is 6.58 Å². The summed E-state index contributed by atoms with van der Waals surface area (Å²) in [7, 11) is 0. The molecule has 5 heteroatoms. The minimum absolute atomic E-state index is 0.0141. The third kappa shape index (κ3) is 3.10. The summed E-state index contributed by atoms with van der Waals surface area (Å²) >= 11 is 0. The molecule has 0 bridgehead atoms. The minimum Gasteiger partial charge on any atom is -0.507 e. The van der Waals surface area contributed by atoms with Gasteiger partial charge >= 0.3 is 0 Å². The summed E-state index contributed by atoms with van der Waals surface area (Å²) in [6.45, 7) is 3.84. The Morgan fingerprint density at radius 3 is 2.45 bits per heavy atom. The summed E-state index contributed by atoms with van der Waals surface area (Å²) < 4.78 is 13.3. The Morgan fingerprint density at radius 1 is 1.03 bits per heavy atom. The number of amides is 1. The van der Waals surface area contributed by atoms with Gasteiger partial charge in [0.1, 0.15) is 11.6 Å². The molecule has 4 nitrogen and oxygen atoms in total. The smallest absolute Gasteiger partial charge is 0.295 e. The fourth-order valence-electron chi connectivity index (χ4n) is 3.78. The number of aliphatic hydroxyl groups excluding tert-OH is 1. The van der Waals surface area contributed by atoms with Crippen molar-refractivity contribution in [1.82, 2.24) is 4.90 Å². The van der Waals surface area contributed by atoms with Gasteiger partial charge in [0.15, 0.2) is 0 Å². The summed E-state index contributed by atoms with van der Waals surface area (Å²) in [5, 5.41) is 12.8. The third-order valence-corrected chi connectivity index (χ3v) is 5.10. The van der Waals surface area contributed by atoms with Crippen LogP contribution in [-0.4, -0.2) is 28.2 Å². The first-order valence-corrected chi connectivity index (χ1v) is 9.16. The molecule has 3 aromatic carbocycles. The summed E-state index contributed by atoms with van der Waals surface area (Å²) in [5.41, 5.74) is 0.987. The van der Waals surface area contributed by atoms with Gasteiger partial charge in [0.25, 0.3) is 11.7 Å². The van der Waals surface area contributed by atoms with E-state index in [4.69, 9.17) is 0 Å². The molecule has 0 unspecified atom stereocenters. The Balaban J connectivity index is 1.98. The van der Waals surface area contributed by atoms with E-state index in [-0.39, 0.29) is 23.4 Å². The molecular formula is C24H18FNO3. The van der Waals surface area contributed by atoms with Gasteiger partial charge in [-0.1, -0.05) is 48.5 Å². The number of aliphatic hydroxyl groups is 1. The molecule has 29 heavy (non-hydrogen) atoms. The van der Waals surface area contributed by atoms with Crippen LogP contribution in [0.15, 0.2) is 85.0 Å². The summed E-state index contributed by atoms with van der Waals surface area (Å²) in [6, 6.07) is 17.7. The SMILES string of the molecule is C=CCN1C(=O)C(=O)C(=C(O)c2ccc(F)cc2)[C@H]1c1cccc2ccccc12. The number of hydrogen-bond donors (Lipinski definition) is 1. The van der Waals surface area contributed by atoms with Crippen LogP contribution in [0.25, 0.3) is 16.5 Å². The Labute approximate surface area is 167 Å². The van der Waals surface area contributed by atoms with Crippen molar-refractivity contribution in [3.05, 3.63) is 102 Å². The number of halogens is 1. The number of Topliss-reactive ketones (excluding diaryl/α,β-unsaturated/α-hetero) is 1. The maximum atomic E-state index is 13.3. The molecule has 144 valence electrons. The number of likely N-dealkylation sites (tertiary alicyclic amines) is 1. The fourth-order valence-corrected chi connectivity index (χ4v) is 3.78. The zero-order chi connectivity index (χ0) is 20.5. The summed E-state index contributed by atoms with van der Waals surface area (Å²) in [6.07, 6.45) is 1.54. The number of carbonyl (C=O) groups excluding carboxylic acids is 2. The van der Waals surface area contributed by atoms with Gasteiger partial charge in [0.05, 0.1) is 11.6 Å². The molecule has 1 aliphatic heterocycles. The molecule has 1 atom stereocenters. The lowest BCUT2D eigenvalue weighted by Crippen LogP contribution is -2.29. The average Bonchev–Trinajstić information content (AvgIpc) is 2.98. The van der Waals surface area contributed by atoms with Crippen LogP contribution >= 0.6 is 0 Å². The number of carbonyl (C=O) groups is 2. The molecule has 3 aromatic rings. The lowest BCUT2D eigenvalue weighted by molar-refractivity contribution is -0.139. The second-order valence-electron chi connectivity index (χ2n) is 6.82. The van der Waals surface area contributed by atoms with Crippen molar-refractivity contribution in [1.29, 1.82) is 0 Å². The molecule has 0 saturated carbocycles. The maximum Gasteiger partial charge on any atom is 0.295 e. The quantitative estimate of drug-likeness (QED) is 0.308. The van der Waals surface area contributed by atoms with Gasteiger partial charge in [-0.05, 0) is 40.6 Å². The molecule has 0 aliphatic carbocycles. The predicted octanol–water partition coefficient (Wildman–Crippen LogP) is 4.59. The summed E-state index contributed by atoms with van der Waals surface area (Å²) in [5.74, 6) is -2.26. The Kier molecular flexibility index (Phi) is 4.72. The molecule has 1 N–H and O–H groups in total. The zero-order valence-electron chi connectivity index (χ0n) is 15.5. The second-order valence-corrected chi connectivity index (χ2v) is 6.82. The molecule has 0 spiro atoms. The Bertz CT molecular complexity index is 1160. The first-order chi connectivity index (χ1) is 14.0. The highest BCUT2D eigenvalue weighted by atomic mass is 19.1. The maximum absolute atomic E-state index is 13.3. The van der Waals surface area contributed by atoms with Crippen LogP contribution in [0.2, 0.25) is 0 Å². The normalized spacial score (nSPS) is 18.4. The second kappa shape index (κ2) is 7.36. The van der Waals surface area contributed by atoms with E-state index < -0.39 is 23.5 Å². The topological polar surface area (TPSA) is 57.6 Å². The van der Waals surface area contributed by atoms with Gasteiger partial charge in [-0.2, -0.15) is 0 Å². The van der Waals surface area contributed by atoms with Crippen molar-refractivity contribution < 1.29 is 19.1 Å². The minimum atomic E-state index is -0.774. The van der Waals surface area contributed by atoms with Crippen LogP contribution in [0.4, 0.5) is 4.39 Å². The van der Waals surface area contributed by atoms with E-state index in [9.17, 15) is 19.1 Å². The van der Waals surface area contributed by atoms with Gasteiger partial charge in [-0.15, -0.1) is 6.58 Å². The van der Waals surface area contributed by atoms with Gasteiger partial charge in [0, 0.05) is 12.1 Å². The lowest BCUT2D eigenvalue weighted by atomic mass is 9.91. The van der Waals surface area contributed by atoms with Crippen LogP contribution in [0.3, 0.4) is 0 Å². The number of fused-ring (bicyclic) bond motifs is 1. The Morgan fingerprint density at radius 2 is 1.72 bits per heavy atom. The molecule has 1 heterocycles. The molecular weight excluding hydrogens is 369 g/mol. The van der Waals surface area contributed by atoms with Crippen molar-refractivity contribution in [3.63, 3.8) is 0 Å². The Hall–Kier alpha value is -3.73. The van der Waals surface area contributed by atoms with Crippen LogP contribution in [0.5, 0.6) is 0 Å². The number of benzene rings is 3. The van der Waals surface area contributed by atoms with Gasteiger partial charge in [0.2, 0.25) is 0 Å². The number of nitrogens with zero attached hydrogens (tertiary/aromatic N) is 1. The van der Waals surface area contributed by atoms with Crippen molar-refractivity contribution in [2.75, 3.05) is 6.54 Å². The third-order valence-electron chi connectivity index (χ3n) is 5.10. The summed E-state index contributed by atoms with van der Waals surface area (Å²) in [4.78, 5) is 27.0. The standard InChI is InChI=1S/C24H18FNO3/c1-2-14-26-21(19-9-5-7-15-6-3-4-8-18(15)19)20(23(28)24(26)29)22(27)16-10-12-17(25)13-11-16/h2-13,21,27H,1,14H2/t21-/m1/s1. The van der Waals surface area contributed by atoms with E-state index in [0.717, 1.165) is 16.3 Å². The molecule has 0 aromatic heterocycles. The lowest BCUT2D eigenvalue weighted by Gasteiger charge is -2.25. The largest absolute Gasteiger partial charge is 0.507 e. The first kappa shape index (κ1) is 18.6. The predicted molar refractivity (Wildman–Crippen MR) is 110 cm³/mol. The van der Waals surface area contributed by atoms with E-state index in [1.165, 1.54) is 29.2 Å². The van der Waals surface area contributed by atoms with Crippen molar-refractivity contribution in [2.24, 2.45) is 0 Å². The van der Waals surface area contributed by atoms with Crippen LogP contribution in [0, 0.1) is 5.82 Å². The van der Waals surface area contributed by atoms with E-state index in [1.54, 1.807) is 6.08 Å². The van der Waals surface area contributed by atoms with Crippen LogP contribution < -0.4 is 0 Å². The van der Waals surface area contributed by atoms with Gasteiger partial charge in [-0.3, -0.25) is 9.59 Å². The van der Waals surface area contributed by atoms with E-state index >= 15 is 0 Å². The van der Waals surface area contributed by atoms with Crippen LogP contribution in [0.1, 0.15) is 17.2 Å². The highest BCUT2D eigenvalue weighted by Crippen LogP contribution is 2.41.